The van der Waals surface area contributed by atoms with Gasteiger partial charge in [-0.25, -0.2) is 0 Å². The average molecular weight is 372 g/mol. The SMILES string of the molecule is O=C(CCc1nc(-c2ccccn2)no1)N1C[C@H]2COCC[C@@]2(C(=O)O)C1. The molecule has 4 rings (SSSR count). The molecule has 2 fully saturated rings. The van der Waals surface area contributed by atoms with E-state index in [0.717, 1.165) is 0 Å². The maximum Gasteiger partial charge on any atom is 0.311 e. The number of carbonyl (C=O) groups is 2. The molecule has 0 saturated carbocycles. The Labute approximate surface area is 155 Å². The van der Waals surface area contributed by atoms with Gasteiger partial charge in [-0.2, -0.15) is 4.98 Å². The van der Waals surface area contributed by atoms with Crippen molar-refractivity contribution in [3.63, 3.8) is 0 Å². The van der Waals surface area contributed by atoms with Crippen LogP contribution in [-0.2, 0) is 20.7 Å². The van der Waals surface area contributed by atoms with Gasteiger partial charge in [0.25, 0.3) is 0 Å². The van der Waals surface area contributed by atoms with Crippen molar-refractivity contribution in [2.24, 2.45) is 11.3 Å². The summed E-state index contributed by atoms with van der Waals surface area (Å²) in [7, 11) is 0. The molecule has 2 atom stereocenters. The van der Waals surface area contributed by atoms with Crippen LogP contribution in [0.5, 0.6) is 0 Å². The standard InChI is InChI=1S/C18H20N4O5/c23-15(22-9-12-10-26-8-6-18(12,11-22)17(24)25)5-4-14-20-16(21-27-14)13-3-1-2-7-19-13/h1-3,7,12H,4-6,8-11H2,(H,24,25)/t12-,18+/m0/s1. The number of aryl methyl sites for hydroxylation is 1. The van der Waals surface area contributed by atoms with Gasteiger partial charge in [0.2, 0.25) is 17.6 Å². The summed E-state index contributed by atoms with van der Waals surface area (Å²) in [6.45, 7) is 1.45. The van der Waals surface area contributed by atoms with Crippen molar-refractivity contribution >= 4 is 11.9 Å². The number of hydrogen-bond donors (Lipinski definition) is 1. The van der Waals surface area contributed by atoms with Gasteiger partial charge in [-0.15, -0.1) is 0 Å². The molecule has 1 amide bonds. The highest BCUT2D eigenvalue weighted by atomic mass is 16.5. The van der Waals surface area contributed by atoms with Crippen LogP contribution >= 0.6 is 0 Å². The lowest BCUT2D eigenvalue weighted by atomic mass is 9.74. The molecule has 9 nitrogen and oxygen atoms in total. The van der Waals surface area contributed by atoms with Crippen molar-refractivity contribution in [1.82, 2.24) is 20.0 Å². The van der Waals surface area contributed by atoms with Crippen LogP contribution < -0.4 is 0 Å². The second kappa shape index (κ2) is 7.07. The van der Waals surface area contributed by atoms with Gasteiger partial charge in [-0.05, 0) is 18.6 Å². The lowest BCUT2D eigenvalue weighted by Crippen LogP contribution is -2.45. The molecular formula is C18H20N4O5. The lowest BCUT2D eigenvalue weighted by Gasteiger charge is -2.33. The molecule has 0 unspecified atom stereocenters. The number of nitrogens with zero attached hydrogens (tertiary/aromatic N) is 4. The minimum absolute atomic E-state index is 0.109. The molecule has 2 aliphatic heterocycles. The number of pyridine rings is 1. The maximum absolute atomic E-state index is 12.6. The molecule has 2 aromatic heterocycles. The summed E-state index contributed by atoms with van der Waals surface area (Å²) in [4.78, 5) is 34.5. The first kappa shape index (κ1) is 17.6. The lowest BCUT2D eigenvalue weighted by molar-refractivity contribution is -0.157. The Bertz CT molecular complexity index is 839. The summed E-state index contributed by atoms with van der Waals surface area (Å²) in [6.07, 6.45) is 2.57. The molecule has 27 heavy (non-hydrogen) atoms. The molecule has 0 aliphatic carbocycles. The molecule has 142 valence electrons. The highest BCUT2D eigenvalue weighted by molar-refractivity contribution is 5.81. The minimum Gasteiger partial charge on any atom is -0.481 e. The van der Waals surface area contributed by atoms with Crippen molar-refractivity contribution in [1.29, 1.82) is 0 Å². The topological polar surface area (TPSA) is 119 Å². The first-order valence-electron chi connectivity index (χ1n) is 8.91. The number of aliphatic carboxylic acids is 1. The number of ether oxygens (including phenoxy) is 1. The van der Waals surface area contributed by atoms with Crippen LogP contribution in [0.4, 0.5) is 0 Å². The van der Waals surface area contributed by atoms with Gasteiger partial charge >= 0.3 is 5.97 Å². The first-order valence-corrected chi connectivity index (χ1v) is 8.91. The van der Waals surface area contributed by atoms with E-state index in [1.165, 1.54) is 0 Å². The quantitative estimate of drug-likeness (QED) is 0.826. The summed E-state index contributed by atoms with van der Waals surface area (Å²) in [5.74, 6) is -0.374. The van der Waals surface area contributed by atoms with Crippen molar-refractivity contribution in [2.75, 3.05) is 26.3 Å². The summed E-state index contributed by atoms with van der Waals surface area (Å²) in [5, 5.41) is 13.6. The molecular weight excluding hydrogens is 352 g/mol. The van der Waals surface area contributed by atoms with Gasteiger partial charge < -0.3 is 19.3 Å². The smallest absolute Gasteiger partial charge is 0.311 e. The van der Waals surface area contributed by atoms with E-state index in [4.69, 9.17) is 9.26 Å². The number of carboxylic acids is 1. The Morgan fingerprint density at radius 1 is 1.37 bits per heavy atom. The summed E-state index contributed by atoms with van der Waals surface area (Å²) in [5.41, 5.74) is -0.282. The number of fused-ring (bicyclic) bond motifs is 1. The highest BCUT2D eigenvalue weighted by Gasteiger charge is 2.54. The second-order valence-electron chi connectivity index (χ2n) is 6.98. The number of likely N-dealkylation sites (tertiary alicyclic amines) is 1. The van der Waals surface area contributed by atoms with Gasteiger partial charge in [0.15, 0.2) is 0 Å². The van der Waals surface area contributed by atoms with Gasteiger partial charge in [-0.1, -0.05) is 11.2 Å². The molecule has 2 aliphatic rings. The fraction of sp³-hybridized carbons (Fsp3) is 0.500. The van der Waals surface area contributed by atoms with Crippen LogP contribution in [0.2, 0.25) is 0 Å². The van der Waals surface area contributed by atoms with Crippen molar-refractivity contribution in [2.45, 2.75) is 19.3 Å². The van der Waals surface area contributed by atoms with E-state index in [-0.39, 0.29) is 24.8 Å². The van der Waals surface area contributed by atoms with E-state index < -0.39 is 11.4 Å². The van der Waals surface area contributed by atoms with Crippen LogP contribution in [0.25, 0.3) is 11.5 Å². The fourth-order valence-corrected chi connectivity index (χ4v) is 3.82. The zero-order valence-electron chi connectivity index (χ0n) is 14.7. The summed E-state index contributed by atoms with van der Waals surface area (Å²) < 4.78 is 10.6. The van der Waals surface area contributed by atoms with Crippen molar-refractivity contribution in [3.05, 3.63) is 30.3 Å². The van der Waals surface area contributed by atoms with E-state index in [9.17, 15) is 14.7 Å². The number of carbonyl (C=O) groups excluding carboxylic acids is 1. The number of rotatable bonds is 5. The molecule has 4 heterocycles. The largest absolute Gasteiger partial charge is 0.481 e. The predicted molar refractivity (Wildman–Crippen MR) is 91.4 cm³/mol. The van der Waals surface area contributed by atoms with Crippen LogP contribution in [0, 0.1) is 11.3 Å². The third-order valence-corrected chi connectivity index (χ3v) is 5.40. The van der Waals surface area contributed by atoms with Gasteiger partial charge in [0, 0.05) is 44.7 Å². The minimum atomic E-state index is -0.884. The van der Waals surface area contributed by atoms with E-state index in [0.29, 0.717) is 50.0 Å². The second-order valence-corrected chi connectivity index (χ2v) is 6.98. The summed E-state index contributed by atoms with van der Waals surface area (Å²) >= 11 is 0. The monoisotopic (exact) mass is 372 g/mol. The molecule has 0 aromatic carbocycles. The number of hydrogen-bond acceptors (Lipinski definition) is 7. The van der Waals surface area contributed by atoms with Crippen LogP contribution in [0.3, 0.4) is 0 Å². The highest BCUT2D eigenvalue weighted by Crippen LogP contribution is 2.42. The maximum atomic E-state index is 12.6. The zero-order valence-corrected chi connectivity index (χ0v) is 14.7. The van der Waals surface area contributed by atoms with Crippen LogP contribution in [0.15, 0.2) is 28.9 Å². The number of carboxylic acid groups (broad SMARTS) is 1. The number of amides is 1. The van der Waals surface area contributed by atoms with E-state index in [1.807, 2.05) is 6.07 Å². The Kier molecular flexibility index (Phi) is 4.61. The molecule has 1 N–H and O–H groups in total. The first-order chi connectivity index (χ1) is 13.1. The van der Waals surface area contributed by atoms with Crippen LogP contribution in [0.1, 0.15) is 18.7 Å². The Hall–Kier alpha value is -2.81. The van der Waals surface area contributed by atoms with E-state index in [2.05, 4.69) is 15.1 Å². The summed E-state index contributed by atoms with van der Waals surface area (Å²) in [6, 6.07) is 5.40. The molecule has 0 bridgehead atoms. The van der Waals surface area contributed by atoms with Gasteiger partial charge in [-0.3, -0.25) is 14.6 Å². The predicted octanol–water partition coefficient (Wildman–Crippen LogP) is 1.01. The fourth-order valence-electron chi connectivity index (χ4n) is 3.82. The average Bonchev–Trinajstić information content (AvgIpc) is 3.32. The Balaban J connectivity index is 1.38. The Morgan fingerprint density at radius 3 is 3.00 bits per heavy atom. The number of aromatic nitrogens is 3. The third-order valence-electron chi connectivity index (χ3n) is 5.40. The van der Waals surface area contributed by atoms with Gasteiger partial charge in [0.05, 0.1) is 12.0 Å². The van der Waals surface area contributed by atoms with Gasteiger partial charge in [0.1, 0.15) is 5.69 Å². The van der Waals surface area contributed by atoms with E-state index in [1.54, 1.807) is 23.2 Å². The van der Waals surface area contributed by atoms with Crippen molar-refractivity contribution in [3.8, 4) is 11.5 Å². The normalized spacial score (nSPS) is 24.6. The molecule has 2 saturated heterocycles. The van der Waals surface area contributed by atoms with E-state index >= 15 is 0 Å². The van der Waals surface area contributed by atoms with Crippen LogP contribution in [-0.4, -0.2) is 63.3 Å². The Morgan fingerprint density at radius 2 is 2.26 bits per heavy atom. The molecule has 2 aromatic rings. The zero-order chi connectivity index (χ0) is 18.9. The molecule has 0 radical (unpaired) electrons. The van der Waals surface area contributed by atoms with Crippen molar-refractivity contribution < 1.29 is 24.0 Å². The third kappa shape index (κ3) is 3.30. The molecule has 9 heteroatoms. The molecule has 0 spiro atoms.